The van der Waals surface area contributed by atoms with Crippen LogP contribution in [0.3, 0.4) is 0 Å². The number of nitrogen functional groups attached to an aromatic ring is 1. The summed E-state index contributed by atoms with van der Waals surface area (Å²) in [4.78, 5) is 53.5. The minimum absolute atomic E-state index is 0.160. The molecular formula is C11H17FN5O13P3. The van der Waals surface area contributed by atoms with Gasteiger partial charge < -0.3 is 35.2 Å². The van der Waals surface area contributed by atoms with Gasteiger partial charge >= 0.3 is 23.5 Å². The van der Waals surface area contributed by atoms with Crippen molar-refractivity contribution >= 4 is 35.1 Å². The summed E-state index contributed by atoms with van der Waals surface area (Å²) in [5, 5.41) is 14.1. The molecule has 0 spiro atoms. The molecule has 186 valence electrons. The van der Waals surface area contributed by atoms with E-state index in [1.807, 2.05) is 0 Å². The SMILES string of the molecule is C[C@@]1(F)[C@H](O)[C@@H](COP(=O)(O)OP(=O)(O)OP(=O)(O)O)O[C@H]1c1cnc2c(=O)[nH]c(N)nn12. The Morgan fingerprint density at radius 2 is 1.91 bits per heavy atom. The summed E-state index contributed by atoms with van der Waals surface area (Å²) in [6.07, 6.45) is -4.32. The van der Waals surface area contributed by atoms with E-state index in [0.29, 0.717) is 0 Å². The number of hydrogen-bond donors (Lipinski definition) is 7. The molecule has 0 saturated carbocycles. The number of aromatic amines is 1. The van der Waals surface area contributed by atoms with Crippen LogP contribution in [0.5, 0.6) is 0 Å². The van der Waals surface area contributed by atoms with Crippen molar-refractivity contribution in [1.29, 1.82) is 0 Å². The van der Waals surface area contributed by atoms with Gasteiger partial charge in [0, 0.05) is 0 Å². The lowest BCUT2D eigenvalue weighted by Crippen LogP contribution is -2.39. The molecule has 22 heteroatoms. The minimum atomic E-state index is -5.77. The summed E-state index contributed by atoms with van der Waals surface area (Å²) < 4.78 is 66.8. The highest BCUT2D eigenvalue weighted by atomic mass is 31.3. The monoisotopic (exact) mass is 539 g/mol. The molecule has 2 unspecified atom stereocenters. The van der Waals surface area contributed by atoms with Gasteiger partial charge in [-0.25, -0.2) is 27.6 Å². The van der Waals surface area contributed by atoms with E-state index in [9.17, 15) is 28.5 Å². The number of phosphoric ester groups is 1. The van der Waals surface area contributed by atoms with Crippen molar-refractivity contribution in [3.63, 3.8) is 0 Å². The standard InChI is InChI=1S/C11H17FN5O13P3/c1-11(12)6(18)5(3-27-32(23,24)30-33(25,26)29-31(20,21)22)28-7(11)4-2-14-8-9(19)15-10(13)16-17(4)8/h2,5-7,18H,3H2,1H3,(H,23,24)(H,25,26)(H2,20,21,22)(H3,13,15,16,19)/t5-,6-,7+,11-/m1/s1. The number of alkyl halides is 1. The van der Waals surface area contributed by atoms with Crippen molar-refractivity contribution in [2.45, 2.75) is 30.9 Å². The van der Waals surface area contributed by atoms with Gasteiger partial charge in [0.25, 0.3) is 5.56 Å². The predicted octanol–water partition coefficient (Wildman–Crippen LogP) is -1.13. The number of halogens is 1. The highest BCUT2D eigenvalue weighted by Gasteiger charge is 2.56. The van der Waals surface area contributed by atoms with E-state index in [-0.39, 0.29) is 17.3 Å². The molecule has 1 aliphatic rings. The number of aromatic nitrogens is 4. The van der Waals surface area contributed by atoms with Crippen LogP contribution >= 0.6 is 23.5 Å². The van der Waals surface area contributed by atoms with Gasteiger partial charge in [-0.1, -0.05) is 0 Å². The molecule has 3 heterocycles. The molecule has 0 amide bonds. The summed E-state index contributed by atoms with van der Waals surface area (Å²) in [7, 11) is -16.9. The molecule has 0 aromatic carbocycles. The molecule has 2 aromatic rings. The van der Waals surface area contributed by atoms with E-state index in [4.69, 9.17) is 25.2 Å². The van der Waals surface area contributed by atoms with Crippen molar-refractivity contribution in [1.82, 2.24) is 19.6 Å². The molecule has 1 saturated heterocycles. The number of hydrogen-bond acceptors (Lipinski definition) is 12. The van der Waals surface area contributed by atoms with Gasteiger partial charge in [-0.2, -0.15) is 8.62 Å². The quantitative estimate of drug-likeness (QED) is 0.195. The van der Waals surface area contributed by atoms with E-state index in [1.165, 1.54) is 0 Å². The average molecular weight is 539 g/mol. The molecule has 0 bridgehead atoms. The van der Waals surface area contributed by atoms with Crippen molar-refractivity contribution < 1.29 is 60.6 Å². The van der Waals surface area contributed by atoms with Crippen LogP contribution in [0, 0.1) is 0 Å². The van der Waals surface area contributed by atoms with Gasteiger partial charge in [-0.15, -0.1) is 5.10 Å². The zero-order valence-electron chi connectivity index (χ0n) is 16.2. The summed E-state index contributed by atoms with van der Waals surface area (Å²) >= 11 is 0. The predicted molar refractivity (Wildman–Crippen MR) is 101 cm³/mol. The van der Waals surface area contributed by atoms with E-state index in [2.05, 4.69) is 28.2 Å². The Hall–Kier alpha value is -1.59. The summed E-state index contributed by atoms with van der Waals surface area (Å²) in [5.74, 6) is -0.338. The second-order valence-electron chi connectivity index (χ2n) is 6.80. The maximum absolute atomic E-state index is 15.3. The number of aliphatic hydroxyl groups excluding tert-OH is 1. The molecule has 1 aliphatic heterocycles. The molecule has 33 heavy (non-hydrogen) atoms. The van der Waals surface area contributed by atoms with E-state index in [0.717, 1.165) is 17.6 Å². The van der Waals surface area contributed by atoms with Gasteiger partial charge in [-0.05, 0) is 6.92 Å². The van der Waals surface area contributed by atoms with Gasteiger partial charge in [0.15, 0.2) is 5.67 Å². The number of anilines is 1. The number of ether oxygens (including phenoxy) is 1. The number of nitrogens with zero attached hydrogens (tertiary/aromatic N) is 3. The molecule has 3 rings (SSSR count). The maximum atomic E-state index is 15.3. The Morgan fingerprint density at radius 3 is 2.52 bits per heavy atom. The second-order valence-corrected chi connectivity index (χ2v) is 11.2. The molecule has 8 N–H and O–H groups in total. The zero-order chi connectivity index (χ0) is 25.0. The Labute approximate surface area is 181 Å². The molecule has 1 fully saturated rings. The van der Waals surface area contributed by atoms with Crippen molar-refractivity contribution in [3.8, 4) is 0 Å². The number of nitrogens with one attached hydrogen (secondary N) is 1. The lowest BCUT2D eigenvalue weighted by molar-refractivity contribution is -0.0243. The molecular weight excluding hydrogens is 522 g/mol. The van der Waals surface area contributed by atoms with Crippen LogP contribution in [0.25, 0.3) is 5.65 Å². The largest absolute Gasteiger partial charge is 0.490 e. The number of phosphoric acid groups is 3. The fourth-order valence-electron chi connectivity index (χ4n) is 2.96. The molecule has 2 aromatic heterocycles. The fraction of sp³-hybridized carbons (Fsp3) is 0.545. The number of nitrogens with two attached hydrogens (primary N) is 1. The Kier molecular flexibility index (Phi) is 6.76. The van der Waals surface area contributed by atoms with Crippen molar-refractivity contribution in [3.05, 3.63) is 22.2 Å². The fourth-order valence-corrected chi connectivity index (χ4v) is 5.99. The average Bonchev–Trinajstić information content (AvgIpc) is 3.10. The van der Waals surface area contributed by atoms with Crippen molar-refractivity contribution in [2.75, 3.05) is 12.3 Å². The Bertz CT molecular complexity index is 1260. The summed E-state index contributed by atoms with van der Waals surface area (Å²) in [5.41, 5.74) is 1.68. The van der Waals surface area contributed by atoms with E-state index in [1.54, 1.807) is 0 Å². The summed E-state index contributed by atoms with van der Waals surface area (Å²) in [6.45, 7) is -0.198. The second kappa shape index (κ2) is 8.57. The first-order valence-electron chi connectivity index (χ1n) is 8.46. The van der Waals surface area contributed by atoms with Crippen LogP contribution in [-0.4, -0.2) is 68.7 Å². The smallest absolute Gasteiger partial charge is 0.387 e. The third kappa shape index (κ3) is 5.74. The van der Waals surface area contributed by atoms with Gasteiger partial charge in [-0.3, -0.25) is 14.3 Å². The number of fused-ring (bicyclic) bond motifs is 1. The van der Waals surface area contributed by atoms with E-state index >= 15 is 4.39 Å². The zero-order valence-corrected chi connectivity index (χ0v) is 18.8. The van der Waals surface area contributed by atoms with Gasteiger partial charge in [0.05, 0.1) is 18.5 Å². The third-order valence-electron chi connectivity index (χ3n) is 4.26. The van der Waals surface area contributed by atoms with Crippen LogP contribution in [0.4, 0.5) is 10.3 Å². The maximum Gasteiger partial charge on any atom is 0.490 e. The lowest BCUT2D eigenvalue weighted by atomic mass is 9.93. The number of imidazole rings is 1. The highest BCUT2D eigenvalue weighted by molar-refractivity contribution is 7.66. The first-order chi connectivity index (χ1) is 14.9. The third-order valence-corrected chi connectivity index (χ3v) is 8.06. The molecule has 0 aliphatic carbocycles. The Balaban J connectivity index is 1.78. The minimum Gasteiger partial charge on any atom is -0.387 e. The number of aliphatic hydroxyl groups is 1. The first kappa shape index (κ1) is 26.0. The normalized spacial score (nSPS) is 29.7. The lowest BCUT2D eigenvalue weighted by Gasteiger charge is -2.23. The molecule has 0 radical (unpaired) electrons. The number of rotatable bonds is 8. The van der Waals surface area contributed by atoms with Crippen LogP contribution in [0.2, 0.25) is 0 Å². The first-order valence-corrected chi connectivity index (χ1v) is 13.0. The molecule has 6 atom stereocenters. The van der Waals surface area contributed by atoms with Gasteiger partial charge in [0.1, 0.15) is 18.3 Å². The summed E-state index contributed by atoms with van der Waals surface area (Å²) in [6, 6.07) is 0. The van der Waals surface area contributed by atoms with Crippen LogP contribution in [0.15, 0.2) is 11.0 Å². The van der Waals surface area contributed by atoms with E-state index < -0.39 is 59.6 Å². The van der Waals surface area contributed by atoms with Crippen LogP contribution in [0.1, 0.15) is 18.7 Å². The van der Waals surface area contributed by atoms with Crippen molar-refractivity contribution in [2.24, 2.45) is 0 Å². The van der Waals surface area contributed by atoms with Gasteiger partial charge in [0.2, 0.25) is 11.6 Å². The van der Waals surface area contributed by atoms with Crippen LogP contribution in [-0.2, 0) is 31.6 Å². The topological polar surface area (TPSA) is 278 Å². The number of H-pyrrole nitrogens is 1. The Morgan fingerprint density at radius 1 is 1.27 bits per heavy atom. The molecule has 18 nitrogen and oxygen atoms in total. The van der Waals surface area contributed by atoms with Crippen LogP contribution < -0.4 is 11.3 Å². The highest BCUT2D eigenvalue weighted by Crippen LogP contribution is 2.66.